The maximum atomic E-state index is 12.8. The Balaban J connectivity index is 1.38. The van der Waals surface area contributed by atoms with E-state index in [9.17, 15) is 9.59 Å². The summed E-state index contributed by atoms with van der Waals surface area (Å²) >= 11 is 3.43. The molecule has 7 nitrogen and oxygen atoms in total. The number of carbonyl (C=O) groups excluding carboxylic acids is 1. The molecule has 0 radical (unpaired) electrons. The molecule has 0 saturated heterocycles. The highest BCUT2D eigenvalue weighted by molar-refractivity contribution is 9.10. The van der Waals surface area contributed by atoms with Crippen molar-refractivity contribution >= 4 is 27.4 Å². The Kier molecular flexibility index (Phi) is 6.03. The molecule has 1 N–H and O–H groups in total. The highest BCUT2D eigenvalue weighted by Gasteiger charge is 2.56. The Hall–Kier alpha value is -2.09. The van der Waals surface area contributed by atoms with Gasteiger partial charge in [-0.15, -0.1) is 0 Å². The molecule has 0 unspecified atom stereocenters. The summed E-state index contributed by atoms with van der Waals surface area (Å²) in [5.74, 6) is 1.93. The lowest BCUT2D eigenvalue weighted by Crippen LogP contribution is -2.58. The molecule has 3 fully saturated rings. The fourth-order valence-corrected chi connectivity index (χ4v) is 5.70. The predicted molar refractivity (Wildman–Crippen MR) is 123 cm³/mol. The normalized spacial score (nSPS) is 26.2. The first-order chi connectivity index (χ1) is 14.7. The summed E-state index contributed by atoms with van der Waals surface area (Å²) in [7, 11) is 0. The van der Waals surface area contributed by atoms with Gasteiger partial charge in [-0.2, -0.15) is 5.10 Å². The molecule has 8 heteroatoms. The Morgan fingerprint density at radius 3 is 2.68 bits per heavy atom. The van der Waals surface area contributed by atoms with Crippen LogP contribution in [0.5, 0.6) is 0 Å². The van der Waals surface area contributed by atoms with Crippen molar-refractivity contribution in [3.63, 3.8) is 0 Å². The van der Waals surface area contributed by atoms with Gasteiger partial charge in [-0.3, -0.25) is 19.6 Å². The number of Topliss-reactive ketones (excluding diaryl/α,β-unsaturated/α-hetero) is 1. The number of nitrogens with zero attached hydrogens (tertiary/aromatic N) is 4. The first kappa shape index (κ1) is 22.1. The number of hydrogen-bond acceptors (Lipinski definition) is 6. The lowest BCUT2D eigenvalue weighted by atomic mass is 9.45. The van der Waals surface area contributed by atoms with Gasteiger partial charge in [0.15, 0.2) is 5.78 Å². The molecule has 4 atom stereocenters. The van der Waals surface area contributed by atoms with Crippen molar-refractivity contribution in [3.8, 4) is 0 Å². The number of aryl methyl sites for hydroxylation is 2. The second-order valence-electron chi connectivity index (χ2n) is 9.73. The number of rotatable bonds is 7. The van der Waals surface area contributed by atoms with Crippen LogP contribution in [0.3, 0.4) is 0 Å². The summed E-state index contributed by atoms with van der Waals surface area (Å²) in [4.78, 5) is 33.6. The Labute approximate surface area is 191 Å². The van der Waals surface area contributed by atoms with E-state index >= 15 is 0 Å². The molecule has 3 aliphatic rings. The average Bonchev–Trinajstić information content (AvgIpc) is 2.74. The fourth-order valence-electron chi connectivity index (χ4n) is 5.28. The number of fused-ring (bicyclic) bond motifs is 2. The van der Waals surface area contributed by atoms with Crippen LogP contribution < -0.4 is 10.9 Å². The summed E-state index contributed by atoms with van der Waals surface area (Å²) in [6.07, 6.45) is 8.24. The lowest BCUT2D eigenvalue weighted by molar-refractivity contribution is -0.119. The number of hydrogen-bond donors (Lipinski definition) is 1. The predicted octanol–water partition coefficient (Wildman–Crippen LogP) is 3.79. The van der Waals surface area contributed by atoms with Crippen molar-refractivity contribution < 1.29 is 4.79 Å². The second kappa shape index (κ2) is 8.45. The number of anilines is 1. The minimum atomic E-state index is -0.289. The van der Waals surface area contributed by atoms with Gasteiger partial charge < -0.3 is 5.32 Å². The maximum absolute atomic E-state index is 12.8. The first-order valence-corrected chi connectivity index (χ1v) is 11.8. The third-order valence-electron chi connectivity index (χ3n) is 7.50. The van der Waals surface area contributed by atoms with Crippen LogP contribution in [0.2, 0.25) is 0 Å². The number of ketones is 1. The molecule has 31 heavy (non-hydrogen) atoms. The monoisotopic (exact) mass is 487 g/mol. The van der Waals surface area contributed by atoms with Crippen molar-refractivity contribution in [3.05, 3.63) is 44.8 Å². The third kappa shape index (κ3) is 4.31. The van der Waals surface area contributed by atoms with Crippen molar-refractivity contribution in [2.24, 2.45) is 23.2 Å². The van der Waals surface area contributed by atoms with Gasteiger partial charge in [0, 0.05) is 24.9 Å². The quantitative estimate of drug-likeness (QED) is 0.638. The van der Waals surface area contributed by atoms with Crippen LogP contribution >= 0.6 is 15.9 Å². The molecular weight excluding hydrogens is 458 g/mol. The molecule has 3 aliphatic carbocycles. The van der Waals surface area contributed by atoms with Crippen LogP contribution in [0.1, 0.15) is 51.4 Å². The number of halogens is 1. The molecule has 2 heterocycles. The zero-order chi connectivity index (χ0) is 22.3. The molecule has 0 amide bonds. The first-order valence-electron chi connectivity index (χ1n) is 11.0. The van der Waals surface area contributed by atoms with Gasteiger partial charge in [0.25, 0.3) is 5.56 Å². The molecule has 0 aromatic carbocycles. The van der Waals surface area contributed by atoms with Crippen LogP contribution in [-0.2, 0) is 17.8 Å². The molecule has 2 aromatic rings. The van der Waals surface area contributed by atoms with E-state index in [0.29, 0.717) is 46.3 Å². The lowest BCUT2D eigenvalue weighted by Gasteiger charge is -2.62. The molecule has 2 bridgehead atoms. The van der Waals surface area contributed by atoms with Crippen molar-refractivity contribution in [1.82, 2.24) is 19.7 Å². The highest BCUT2D eigenvalue weighted by atomic mass is 79.9. The van der Waals surface area contributed by atoms with Gasteiger partial charge in [0.1, 0.15) is 11.0 Å². The molecule has 2 aromatic heterocycles. The van der Waals surface area contributed by atoms with Crippen LogP contribution in [0.4, 0.5) is 5.69 Å². The van der Waals surface area contributed by atoms with E-state index in [4.69, 9.17) is 0 Å². The third-order valence-corrected chi connectivity index (χ3v) is 8.27. The molecule has 0 aliphatic heterocycles. The van der Waals surface area contributed by atoms with Crippen LogP contribution in [0.15, 0.2) is 27.9 Å². The van der Waals surface area contributed by atoms with Crippen LogP contribution in [-0.4, -0.2) is 31.6 Å². The van der Waals surface area contributed by atoms with Crippen LogP contribution in [0, 0.1) is 30.1 Å². The second-order valence-corrected chi connectivity index (χ2v) is 10.5. The van der Waals surface area contributed by atoms with E-state index < -0.39 is 0 Å². The number of carbonyl (C=O) groups is 1. The van der Waals surface area contributed by atoms with Gasteiger partial charge in [-0.25, -0.2) is 4.68 Å². The SMILES string of the molecule is Cc1cnc(CCC(=O)Cn2ncc(N[C@@H]3C[C@@H]4C[C@H]([C@H]3C)C4(C)C)c(Br)c2=O)cn1. The fraction of sp³-hybridized carbons (Fsp3) is 0.609. The van der Waals surface area contributed by atoms with E-state index in [2.05, 4.69) is 57.1 Å². The number of nitrogens with one attached hydrogen (secondary N) is 1. The summed E-state index contributed by atoms with van der Waals surface area (Å²) in [6.45, 7) is 8.88. The maximum Gasteiger partial charge on any atom is 0.283 e. The molecule has 5 rings (SSSR count). The molecule has 0 spiro atoms. The van der Waals surface area contributed by atoms with Crippen molar-refractivity contribution in [2.45, 2.75) is 66.0 Å². The van der Waals surface area contributed by atoms with E-state index in [0.717, 1.165) is 23.7 Å². The standard InChI is InChI=1S/C23H30BrN5O2/c1-13-9-26-16(10-25-13)5-6-17(30)12-29-22(31)21(24)20(11-27-29)28-19-8-15-7-18(14(19)2)23(15,3)4/h9-11,14-15,18-19,28H,5-8,12H2,1-4H3/t14-,15+,18-,19-/m1/s1. The Bertz CT molecular complexity index is 1030. The van der Waals surface area contributed by atoms with E-state index in [-0.39, 0.29) is 17.9 Å². The highest BCUT2D eigenvalue weighted by Crippen LogP contribution is 2.61. The summed E-state index contributed by atoms with van der Waals surface area (Å²) in [5, 5.41) is 7.81. The number of aromatic nitrogens is 4. The largest absolute Gasteiger partial charge is 0.380 e. The van der Waals surface area contributed by atoms with Gasteiger partial charge in [-0.05, 0) is 65.3 Å². The molecule has 166 valence electrons. The summed E-state index contributed by atoms with van der Waals surface area (Å²) < 4.78 is 1.66. The zero-order valence-electron chi connectivity index (χ0n) is 18.6. The Morgan fingerprint density at radius 2 is 2.03 bits per heavy atom. The van der Waals surface area contributed by atoms with E-state index in [1.165, 1.54) is 11.1 Å². The molecular formula is C23H30BrN5O2. The van der Waals surface area contributed by atoms with E-state index in [1.807, 2.05) is 6.92 Å². The minimum Gasteiger partial charge on any atom is -0.380 e. The van der Waals surface area contributed by atoms with Crippen molar-refractivity contribution in [1.29, 1.82) is 0 Å². The Morgan fingerprint density at radius 1 is 1.26 bits per heavy atom. The minimum absolute atomic E-state index is 0.0465. The topological polar surface area (TPSA) is 89.8 Å². The van der Waals surface area contributed by atoms with Gasteiger partial charge in [0.05, 0.1) is 23.3 Å². The average molecular weight is 488 g/mol. The smallest absolute Gasteiger partial charge is 0.283 e. The van der Waals surface area contributed by atoms with Gasteiger partial charge in [-0.1, -0.05) is 20.8 Å². The van der Waals surface area contributed by atoms with Gasteiger partial charge >= 0.3 is 0 Å². The van der Waals surface area contributed by atoms with Crippen LogP contribution in [0.25, 0.3) is 0 Å². The molecule has 3 saturated carbocycles. The van der Waals surface area contributed by atoms with Crippen molar-refractivity contribution in [2.75, 3.05) is 5.32 Å². The van der Waals surface area contributed by atoms with Gasteiger partial charge in [0.2, 0.25) is 0 Å². The zero-order valence-corrected chi connectivity index (χ0v) is 20.1. The van der Waals surface area contributed by atoms with E-state index in [1.54, 1.807) is 18.6 Å². The summed E-state index contributed by atoms with van der Waals surface area (Å²) in [5.41, 5.74) is 2.44. The summed E-state index contributed by atoms with van der Waals surface area (Å²) in [6, 6.07) is 0.336.